The van der Waals surface area contributed by atoms with Crippen LogP contribution in [0.5, 0.6) is 0 Å². The van der Waals surface area contributed by atoms with E-state index in [4.69, 9.17) is 5.73 Å². The maximum atomic E-state index is 11.4. The molecule has 1 aromatic rings. The van der Waals surface area contributed by atoms with Gasteiger partial charge in [0.05, 0.1) is 11.4 Å². The van der Waals surface area contributed by atoms with Crippen LogP contribution in [-0.2, 0) is 0 Å². The summed E-state index contributed by atoms with van der Waals surface area (Å²) in [6.07, 6.45) is 0. The average Bonchev–Trinajstić information content (AvgIpc) is 2.10. The molecule has 4 nitrogen and oxygen atoms in total. The molecule has 82 valence electrons. The molecule has 0 aliphatic carbocycles. The number of urea groups is 1. The number of carbonyl (C=O) groups excluding carboxylic acids is 1. The maximum Gasteiger partial charge on any atom is 0.321 e. The zero-order valence-corrected chi connectivity index (χ0v) is 11.5. The van der Waals surface area contributed by atoms with Gasteiger partial charge >= 0.3 is 6.03 Å². The summed E-state index contributed by atoms with van der Waals surface area (Å²) in [4.78, 5) is 12.9. The van der Waals surface area contributed by atoms with E-state index in [1.807, 2.05) is 6.07 Å². The van der Waals surface area contributed by atoms with Crippen LogP contribution < -0.4 is 11.1 Å². The number of rotatable bonds is 1. The molecule has 15 heavy (non-hydrogen) atoms. The van der Waals surface area contributed by atoms with Crippen LogP contribution in [0.25, 0.3) is 0 Å². The Balaban J connectivity index is 3.00. The van der Waals surface area contributed by atoms with E-state index in [0.717, 1.165) is 8.95 Å². The van der Waals surface area contributed by atoms with E-state index in [1.165, 1.54) is 4.90 Å². The SMILES string of the molecule is CN(C)C(=O)Nc1c(N)cc(Br)cc1Br. The normalized spacial score (nSPS) is 9.87. The highest BCUT2D eigenvalue weighted by molar-refractivity contribution is 9.11. The first-order valence-electron chi connectivity index (χ1n) is 4.14. The van der Waals surface area contributed by atoms with Gasteiger partial charge in [-0.2, -0.15) is 0 Å². The zero-order chi connectivity index (χ0) is 11.6. The van der Waals surface area contributed by atoms with Crippen molar-refractivity contribution in [3.8, 4) is 0 Å². The molecule has 0 aliphatic rings. The molecule has 0 fully saturated rings. The molecule has 0 saturated heterocycles. The monoisotopic (exact) mass is 335 g/mol. The number of hydrogen-bond donors (Lipinski definition) is 2. The second-order valence-electron chi connectivity index (χ2n) is 3.18. The summed E-state index contributed by atoms with van der Waals surface area (Å²) in [5.41, 5.74) is 6.86. The third kappa shape index (κ3) is 3.10. The van der Waals surface area contributed by atoms with Crippen LogP contribution in [-0.4, -0.2) is 25.0 Å². The van der Waals surface area contributed by atoms with E-state index < -0.39 is 0 Å². The van der Waals surface area contributed by atoms with E-state index in [0.29, 0.717) is 11.4 Å². The van der Waals surface area contributed by atoms with E-state index >= 15 is 0 Å². The fraction of sp³-hybridized carbons (Fsp3) is 0.222. The standard InChI is InChI=1S/C9H11Br2N3O/c1-14(2)9(15)13-8-6(11)3-5(10)4-7(8)12/h3-4H,12H2,1-2H3,(H,13,15). The summed E-state index contributed by atoms with van der Waals surface area (Å²) in [5.74, 6) is 0. The number of nitrogens with one attached hydrogen (secondary N) is 1. The molecular weight excluding hydrogens is 326 g/mol. The first-order chi connectivity index (χ1) is 6.91. The van der Waals surface area contributed by atoms with Gasteiger partial charge in [-0.25, -0.2) is 4.79 Å². The molecule has 0 unspecified atom stereocenters. The molecule has 0 aromatic heterocycles. The first-order valence-corrected chi connectivity index (χ1v) is 5.73. The lowest BCUT2D eigenvalue weighted by atomic mass is 10.3. The molecule has 0 atom stereocenters. The van der Waals surface area contributed by atoms with Crippen molar-refractivity contribution in [3.05, 3.63) is 21.1 Å². The first kappa shape index (κ1) is 12.3. The number of hydrogen-bond acceptors (Lipinski definition) is 2. The van der Waals surface area contributed by atoms with Crippen LogP contribution in [0.15, 0.2) is 21.1 Å². The van der Waals surface area contributed by atoms with Crippen LogP contribution in [0, 0.1) is 0 Å². The molecule has 0 heterocycles. The Kier molecular flexibility index (Phi) is 3.98. The summed E-state index contributed by atoms with van der Waals surface area (Å²) in [5, 5.41) is 2.70. The Bertz CT molecular complexity index is 370. The molecular formula is C9H11Br2N3O. The van der Waals surface area contributed by atoms with E-state index in [1.54, 1.807) is 20.2 Å². The van der Waals surface area contributed by atoms with Gasteiger partial charge in [0.15, 0.2) is 0 Å². The third-order valence-electron chi connectivity index (χ3n) is 1.72. The second kappa shape index (κ2) is 4.85. The lowest BCUT2D eigenvalue weighted by Gasteiger charge is -2.15. The molecule has 1 aromatic carbocycles. The van der Waals surface area contributed by atoms with Gasteiger partial charge in [-0.05, 0) is 28.1 Å². The summed E-state index contributed by atoms with van der Waals surface area (Å²) in [6, 6.07) is 3.34. The second-order valence-corrected chi connectivity index (χ2v) is 4.95. The predicted octanol–water partition coefficient (Wildman–Crippen LogP) is 2.89. The quantitative estimate of drug-likeness (QED) is 0.775. The minimum Gasteiger partial charge on any atom is -0.397 e. The van der Waals surface area contributed by atoms with Crippen molar-refractivity contribution in [1.82, 2.24) is 4.90 Å². The van der Waals surface area contributed by atoms with Crippen LogP contribution in [0.2, 0.25) is 0 Å². The Morgan fingerprint density at radius 3 is 2.47 bits per heavy atom. The largest absolute Gasteiger partial charge is 0.397 e. The highest BCUT2D eigenvalue weighted by atomic mass is 79.9. The van der Waals surface area contributed by atoms with Crippen molar-refractivity contribution in [2.75, 3.05) is 25.1 Å². The molecule has 0 radical (unpaired) electrons. The highest BCUT2D eigenvalue weighted by Gasteiger charge is 2.10. The van der Waals surface area contributed by atoms with E-state index in [9.17, 15) is 4.79 Å². The smallest absolute Gasteiger partial charge is 0.321 e. The topological polar surface area (TPSA) is 58.4 Å². The average molecular weight is 337 g/mol. The third-order valence-corrected chi connectivity index (χ3v) is 2.81. The molecule has 1 rings (SSSR count). The molecule has 0 aliphatic heterocycles. The summed E-state index contributed by atoms with van der Waals surface area (Å²) >= 11 is 6.64. The van der Waals surface area contributed by atoms with Crippen LogP contribution in [0.4, 0.5) is 16.2 Å². The lowest BCUT2D eigenvalue weighted by molar-refractivity contribution is 0.230. The fourth-order valence-electron chi connectivity index (χ4n) is 0.944. The number of nitrogen functional groups attached to an aromatic ring is 1. The minimum absolute atomic E-state index is 0.218. The number of anilines is 2. The Morgan fingerprint density at radius 1 is 1.40 bits per heavy atom. The van der Waals surface area contributed by atoms with Crippen molar-refractivity contribution in [3.63, 3.8) is 0 Å². The predicted molar refractivity (Wildman–Crippen MR) is 69.0 cm³/mol. The zero-order valence-electron chi connectivity index (χ0n) is 8.34. The molecule has 0 bridgehead atoms. The number of nitrogens with zero attached hydrogens (tertiary/aromatic N) is 1. The van der Waals surface area contributed by atoms with Crippen molar-refractivity contribution in [2.24, 2.45) is 0 Å². The van der Waals surface area contributed by atoms with Crippen molar-refractivity contribution < 1.29 is 4.79 Å². The van der Waals surface area contributed by atoms with Crippen LogP contribution in [0.1, 0.15) is 0 Å². The number of carbonyl (C=O) groups is 1. The number of benzene rings is 1. The van der Waals surface area contributed by atoms with Gasteiger partial charge in [0.25, 0.3) is 0 Å². The number of nitrogens with two attached hydrogens (primary N) is 1. The van der Waals surface area contributed by atoms with Gasteiger partial charge in [0, 0.05) is 23.0 Å². The number of amides is 2. The maximum absolute atomic E-state index is 11.4. The number of halogens is 2. The van der Waals surface area contributed by atoms with Gasteiger partial charge in [0.1, 0.15) is 0 Å². The summed E-state index contributed by atoms with van der Waals surface area (Å²) in [6.45, 7) is 0. The van der Waals surface area contributed by atoms with Crippen LogP contribution in [0.3, 0.4) is 0 Å². The highest BCUT2D eigenvalue weighted by Crippen LogP contribution is 2.32. The molecule has 3 N–H and O–H groups in total. The van der Waals surface area contributed by atoms with Gasteiger partial charge < -0.3 is 16.0 Å². The fourth-order valence-corrected chi connectivity index (χ4v) is 2.30. The van der Waals surface area contributed by atoms with Gasteiger partial charge in [-0.15, -0.1) is 0 Å². The molecule has 0 saturated carbocycles. The molecule has 0 spiro atoms. The lowest BCUT2D eigenvalue weighted by Crippen LogP contribution is -2.27. The van der Waals surface area contributed by atoms with Gasteiger partial charge in [0.2, 0.25) is 0 Å². The molecule has 2 amide bonds. The van der Waals surface area contributed by atoms with Gasteiger partial charge in [-0.3, -0.25) is 0 Å². The minimum atomic E-state index is -0.218. The summed E-state index contributed by atoms with van der Waals surface area (Å²) in [7, 11) is 3.33. The Hall–Kier alpha value is -0.750. The Morgan fingerprint density at radius 2 is 2.00 bits per heavy atom. The van der Waals surface area contributed by atoms with Crippen molar-refractivity contribution in [2.45, 2.75) is 0 Å². The van der Waals surface area contributed by atoms with Crippen molar-refractivity contribution in [1.29, 1.82) is 0 Å². The van der Waals surface area contributed by atoms with Crippen molar-refractivity contribution >= 4 is 49.3 Å². The summed E-state index contributed by atoms with van der Waals surface area (Å²) < 4.78 is 1.60. The van der Waals surface area contributed by atoms with Crippen LogP contribution >= 0.6 is 31.9 Å². The molecule has 6 heteroatoms. The Labute approximate surface area is 105 Å². The van der Waals surface area contributed by atoms with Gasteiger partial charge in [-0.1, -0.05) is 15.9 Å². The van der Waals surface area contributed by atoms with E-state index in [-0.39, 0.29) is 6.03 Å². The van der Waals surface area contributed by atoms with E-state index in [2.05, 4.69) is 37.2 Å².